The molecule has 1 aromatic heterocycles. The lowest BCUT2D eigenvalue weighted by Gasteiger charge is -2.33. The van der Waals surface area contributed by atoms with Crippen LogP contribution in [0.15, 0.2) is 12.5 Å². The number of ether oxygens (including phenoxy) is 1. The van der Waals surface area contributed by atoms with Crippen molar-refractivity contribution in [3.63, 3.8) is 0 Å². The number of hydrogen-bond donors (Lipinski definition) is 1. The lowest BCUT2D eigenvalue weighted by atomic mass is 9.92. The van der Waals surface area contributed by atoms with E-state index in [0.717, 1.165) is 12.8 Å². The highest BCUT2D eigenvalue weighted by Gasteiger charge is 2.25. The highest BCUT2D eigenvalue weighted by atomic mass is 16.5. The van der Waals surface area contributed by atoms with Crippen LogP contribution in [0.3, 0.4) is 0 Å². The molecule has 94 valence electrons. The predicted octanol–water partition coefficient (Wildman–Crippen LogP) is 1.31. The van der Waals surface area contributed by atoms with Crippen LogP contribution in [0.2, 0.25) is 0 Å². The van der Waals surface area contributed by atoms with Crippen molar-refractivity contribution in [3.05, 3.63) is 12.5 Å². The zero-order valence-electron chi connectivity index (χ0n) is 10.5. The molecule has 2 unspecified atom stereocenters. The van der Waals surface area contributed by atoms with Crippen LogP contribution in [-0.2, 0) is 0 Å². The molecule has 5 nitrogen and oxygen atoms in total. The second-order valence-corrected chi connectivity index (χ2v) is 4.81. The second-order valence-electron chi connectivity index (χ2n) is 4.81. The van der Waals surface area contributed by atoms with Gasteiger partial charge in [-0.2, -0.15) is 4.98 Å². The van der Waals surface area contributed by atoms with Crippen LogP contribution in [0.4, 0.5) is 5.69 Å². The minimum absolute atomic E-state index is 0.216. The van der Waals surface area contributed by atoms with Gasteiger partial charge in [-0.1, -0.05) is 0 Å². The molecule has 2 N–H and O–H groups in total. The quantitative estimate of drug-likeness (QED) is 0.857. The summed E-state index contributed by atoms with van der Waals surface area (Å²) >= 11 is 0. The number of rotatable bonds is 3. The Kier molecular flexibility index (Phi) is 3.78. The summed E-state index contributed by atoms with van der Waals surface area (Å²) in [5.74, 6) is 0.518. The Morgan fingerprint density at radius 2 is 2.24 bits per heavy atom. The molecule has 1 aliphatic rings. The highest BCUT2D eigenvalue weighted by molar-refractivity contribution is 5.44. The van der Waals surface area contributed by atoms with Crippen molar-refractivity contribution in [1.82, 2.24) is 14.9 Å². The number of hydrogen-bond acceptors (Lipinski definition) is 5. The van der Waals surface area contributed by atoms with Gasteiger partial charge in [-0.05, 0) is 39.8 Å². The fourth-order valence-electron chi connectivity index (χ4n) is 2.28. The summed E-state index contributed by atoms with van der Waals surface area (Å²) in [6.45, 7) is 0. The Morgan fingerprint density at radius 3 is 2.94 bits per heavy atom. The molecular weight excluding hydrogens is 216 g/mol. The normalized spacial score (nSPS) is 24.9. The van der Waals surface area contributed by atoms with Gasteiger partial charge in [-0.15, -0.1) is 0 Å². The molecule has 0 aromatic carbocycles. The Labute approximate surface area is 102 Å². The van der Waals surface area contributed by atoms with Gasteiger partial charge in [0.1, 0.15) is 18.1 Å². The van der Waals surface area contributed by atoms with Crippen molar-refractivity contribution >= 4 is 5.69 Å². The van der Waals surface area contributed by atoms with Crippen molar-refractivity contribution in [2.45, 2.75) is 37.8 Å². The molecule has 5 heteroatoms. The molecule has 0 aliphatic heterocycles. The standard InChI is InChI=1S/C12H20N4O/c1-16(2)9-4-3-5-10(6-9)17-12-11(13)7-14-8-15-12/h7-10H,3-6,13H2,1-2H3. The smallest absolute Gasteiger partial charge is 0.240 e. The summed E-state index contributed by atoms with van der Waals surface area (Å²) in [6.07, 6.45) is 7.81. The van der Waals surface area contributed by atoms with Gasteiger partial charge in [-0.3, -0.25) is 0 Å². The number of nitrogens with zero attached hydrogens (tertiary/aromatic N) is 3. The maximum absolute atomic E-state index is 5.86. The summed E-state index contributed by atoms with van der Waals surface area (Å²) < 4.78 is 5.86. The van der Waals surface area contributed by atoms with E-state index in [-0.39, 0.29) is 6.10 Å². The summed E-state index contributed by atoms with van der Waals surface area (Å²) in [7, 11) is 4.23. The van der Waals surface area contributed by atoms with E-state index in [1.54, 1.807) is 6.20 Å². The van der Waals surface area contributed by atoms with E-state index >= 15 is 0 Å². The van der Waals surface area contributed by atoms with Crippen LogP contribution in [0.5, 0.6) is 5.88 Å². The van der Waals surface area contributed by atoms with Gasteiger partial charge in [0, 0.05) is 6.04 Å². The van der Waals surface area contributed by atoms with Crippen LogP contribution in [-0.4, -0.2) is 41.1 Å². The molecule has 0 saturated heterocycles. The SMILES string of the molecule is CN(C)C1CCCC(Oc2ncncc2N)C1. The maximum Gasteiger partial charge on any atom is 0.240 e. The zero-order chi connectivity index (χ0) is 12.3. The molecule has 1 aromatic rings. The first-order chi connectivity index (χ1) is 8.16. The average Bonchev–Trinajstić information content (AvgIpc) is 2.32. The molecule has 2 atom stereocenters. The molecule has 17 heavy (non-hydrogen) atoms. The first-order valence-electron chi connectivity index (χ1n) is 6.05. The minimum Gasteiger partial charge on any atom is -0.473 e. The van der Waals surface area contributed by atoms with E-state index in [0.29, 0.717) is 17.6 Å². The Balaban J connectivity index is 1.97. The van der Waals surface area contributed by atoms with Crippen LogP contribution in [0.1, 0.15) is 25.7 Å². The Morgan fingerprint density at radius 1 is 1.41 bits per heavy atom. The molecule has 1 saturated carbocycles. The molecule has 0 radical (unpaired) electrons. The summed E-state index contributed by atoms with van der Waals surface area (Å²) in [5.41, 5.74) is 6.29. The maximum atomic E-state index is 5.86. The highest BCUT2D eigenvalue weighted by Crippen LogP contribution is 2.26. The van der Waals surface area contributed by atoms with Crippen molar-refractivity contribution in [2.75, 3.05) is 19.8 Å². The van der Waals surface area contributed by atoms with Crippen LogP contribution >= 0.6 is 0 Å². The predicted molar refractivity (Wildman–Crippen MR) is 66.8 cm³/mol. The fraction of sp³-hybridized carbons (Fsp3) is 0.667. The molecule has 0 bridgehead atoms. The first kappa shape index (κ1) is 12.1. The molecule has 1 fully saturated rings. The molecule has 2 rings (SSSR count). The van der Waals surface area contributed by atoms with Gasteiger partial charge in [0.05, 0.1) is 6.20 Å². The number of anilines is 1. The third kappa shape index (κ3) is 3.06. The zero-order valence-corrected chi connectivity index (χ0v) is 10.5. The molecule has 1 aliphatic carbocycles. The van der Waals surface area contributed by atoms with Gasteiger partial charge in [0.15, 0.2) is 0 Å². The average molecular weight is 236 g/mol. The van der Waals surface area contributed by atoms with Crippen molar-refractivity contribution in [2.24, 2.45) is 0 Å². The van der Waals surface area contributed by atoms with E-state index in [9.17, 15) is 0 Å². The van der Waals surface area contributed by atoms with Gasteiger partial charge in [0.25, 0.3) is 0 Å². The monoisotopic (exact) mass is 236 g/mol. The first-order valence-corrected chi connectivity index (χ1v) is 6.05. The van der Waals surface area contributed by atoms with E-state index in [2.05, 4.69) is 29.0 Å². The number of nitrogen functional groups attached to an aromatic ring is 1. The third-order valence-corrected chi connectivity index (χ3v) is 3.31. The van der Waals surface area contributed by atoms with E-state index in [1.165, 1.54) is 19.2 Å². The van der Waals surface area contributed by atoms with Gasteiger partial charge >= 0.3 is 0 Å². The Hall–Kier alpha value is -1.36. The van der Waals surface area contributed by atoms with Crippen LogP contribution < -0.4 is 10.5 Å². The van der Waals surface area contributed by atoms with Gasteiger partial charge in [0.2, 0.25) is 5.88 Å². The lowest BCUT2D eigenvalue weighted by molar-refractivity contribution is 0.0970. The molecule has 1 heterocycles. The topological polar surface area (TPSA) is 64.3 Å². The van der Waals surface area contributed by atoms with Crippen molar-refractivity contribution in [1.29, 1.82) is 0 Å². The molecule has 0 spiro atoms. The molecule has 0 amide bonds. The summed E-state index contributed by atoms with van der Waals surface area (Å²) in [5, 5.41) is 0. The fourth-order valence-corrected chi connectivity index (χ4v) is 2.28. The molecular formula is C12H20N4O. The summed E-state index contributed by atoms with van der Waals surface area (Å²) in [4.78, 5) is 10.2. The van der Waals surface area contributed by atoms with Crippen molar-refractivity contribution < 1.29 is 4.74 Å². The Bertz CT molecular complexity index is 369. The van der Waals surface area contributed by atoms with Crippen LogP contribution in [0, 0.1) is 0 Å². The van der Waals surface area contributed by atoms with E-state index in [1.807, 2.05) is 0 Å². The van der Waals surface area contributed by atoms with Crippen LogP contribution in [0.25, 0.3) is 0 Å². The van der Waals surface area contributed by atoms with Gasteiger partial charge in [-0.25, -0.2) is 4.98 Å². The van der Waals surface area contributed by atoms with E-state index < -0.39 is 0 Å². The van der Waals surface area contributed by atoms with E-state index in [4.69, 9.17) is 10.5 Å². The minimum atomic E-state index is 0.216. The second kappa shape index (κ2) is 5.31. The summed E-state index contributed by atoms with van der Waals surface area (Å²) in [6, 6.07) is 0.594. The van der Waals surface area contributed by atoms with Gasteiger partial charge < -0.3 is 15.4 Å². The van der Waals surface area contributed by atoms with Crippen molar-refractivity contribution in [3.8, 4) is 5.88 Å². The number of nitrogens with two attached hydrogens (primary N) is 1. The largest absolute Gasteiger partial charge is 0.473 e. The number of aromatic nitrogens is 2. The lowest BCUT2D eigenvalue weighted by Crippen LogP contribution is -2.37. The third-order valence-electron chi connectivity index (χ3n) is 3.31.